The van der Waals surface area contributed by atoms with Crippen LogP contribution >= 0.6 is 0 Å². The number of guanidine groups is 1. The molecule has 0 unspecified atom stereocenters. The number of aromatic nitrogens is 1. The summed E-state index contributed by atoms with van der Waals surface area (Å²) in [6.45, 7) is 0. The molecule has 0 bridgehead atoms. The summed E-state index contributed by atoms with van der Waals surface area (Å²) in [5, 5.41) is 8.81. The quantitative estimate of drug-likeness (QED) is 0.366. The summed E-state index contributed by atoms with van der Waals surface area (Å²) in [6, 6.07) is 13.6. The molecular weight excluding hydrogens is 390 g/mol. The molecule has 0 saturated heterocycles. The summed E-state index contributed by atoms with van der Waals surface area (Å²) < 4.78 is 33.1. The van der Waals surface area contributed by atoms with Gasteiger partial charge in [-0.2, -0.15) is 5.10 Å². The fraction of sp³-hybridized carbons (Fsp3) is 0.200. The topological polar surface area (TPSA) is 125 Å². The van der Waals surface area contributed by atoms with Gasteiger partial charge in [0.25, 0.3) is 10.0 Å². The van der Waals surface area contributed by atoms with Crippen LogP contribution in [-0.4, -0.2) is 31.2 Å². The Hall–Kier alpha value is -3.33. The molecule has 1 aliphatic rings. The summed E-state index contributed by atoms with van der Waals surface area (Å²) >= 11 is 0. The van der Waals surface area contributed by atoms with E-state index in [9.17, 15) is 8.42 Å². The highest BCUT2D eigenvalue weighted by molar-refractivity contribution is 7.90. The van der Waals surface area contributed by atoms with Crippen molar-refractivity contribution in [3.05, 3.63) is 60.3 Å². The van der Waals surface area contributed by atoms with Gasteiger partial charge in [0, 0.05) is 23.1 Å². The second-order valence-corrected chi connectivity index (χ2v) is 8.64. The highest BCUT2D eigenvalue weighted by atomic mass is 32.2. The van der Waals surface area contributed by atoms with Gasteiger partial charge in [-0.05, 0) is 43.2 Å². The van der Waals surface area contributed by atoms with E-state index in [-0.39, 0.29) is 16.8 Å². The summed E-state index contributed by atoms with van der Waals surface area (Å²) in [5.74, 6) is 0.654. The number of para-hydroxylation sites is 1. The fourth-order valence-corrected chi connectivity index (χ4v) is 4.61. The number of ether oxygens (including phenoxy) is 1. The van der Waals surface area contributed by atoms with Crippen LogP contribution in [0, 0.1) is 5.92 Å². The first kappa shape index (κ1) is 19.0. The first-order valence-corrected chi connectivity index (χ1v) is 10.5. The Kier molecular flexibility index (Phi) is 4.75. The van der Waals surface area contributed by atoms with Crippen LogP contribution in [0.3, 0.4) is 0 Å². The van der Waals surface area contributed by atoms with E-state index >= 15 is 0 Å². The van der Waals surface area contributed by atoms with Crippen molar-refractivity contribution in [2.45, 2.75) is 17.7 Å². The Morgan fingerprint density at radius 3 is 2.38 bits per heavy atom. The third-order valence-corrected chi connectivity index (χ3v) is 6.50. The van der Waals surface area contributed by atoms with Crippen molar-refractivity contribution in [1.82, 2.24) is 3.97 Å². The lowest BCUT2D eigenvalue weighted by Gasteiger charge is -2.08. The zero-order valence-corrected chi connectivity index (χ0v) is 16.6. The number of nitrogens with zero attached hydrogens (tertiary/aromatic N) is 3. The Labute approximate surface area is 168 Å². The van der Waals surface area contributed by atoms with Gasteiger partial charge >= 0.3 is 0 Å². The van der Waals surface area contributed by atoms with Gasteiger partial charge in [0.05, 0.1) is 23.2 Å². The third-order valence-electron chi connectivity index (χ3n) is 4.81. The molecule has 1 aromatic heterocycles. The van der Waals surface area contributed by atoms with Gasteiger partial charge in [0.1, 0.15) is 5.75 Å². The van der Waals surface area contributed by atoms with Crippen molar-refractivity contribution < 1.29 is 13.2 Å². The number of rotatable bonds is 6. The molecular formula is C20H21N5O3S. The molecule has 0 spiro atoms. The molecule has 0 atom stereocenters. The van der Waals surface area contributed by atoms with Crippen molar-refractivity contribution >= 4 is 32.6 Å². The van der Waals surface area contributed by atoms with Crippen LogP contribution in [0.4, 0.5) is 0 Å². The predicted octanol–water partition coefficient (Wildman–Crippen LogP) is 2.27. The molecule has 4 N–H and O–H groups in total. The molecule has 29 heavy (non-hydrogen) atoms. The van der Waals surface area contributed by atoms with Crippen molar-refractivity contribution in [3.63, 3.8) is 0 Å². The number of hydrogen-bond donors (Lipinski definition) is 2. The lowest BCUT2D eigenvalue weighted by Crippen LogP contribution is -2.22. The second kappa shape index (κ2) is 7.25. The molecule has 1 aliphatic carbocycles. The Bertz CT molecular complexity index is 1220. The molecule has 0 amide bonds. The van der Waals surface area contributed by atoms with Gasteiger partial charge in [-0.25, -0.2) is 12.4 Å². The summed E-state index contributed by atoms with van der Waals surface area (Å²) in [5.41, 5.74) is 12.8. The Balaban J connectivity index is 1.90. The lowest BCUT2D eigenvalue weighted by molar-refractivity contribution is 0.414. The van der Waals surface area contributed by atoms with Gasteiger partial charge in [-0.1, -0.05) is 18.2 Å². The van der Waals surface area contributed by atoms with E-state index in [0.717, 1.165) is 18.2 Å². The molecule has 1 saturated carbocycles. The zero-order valence-electron chi connectivity index (χ0n) is 15.8. The first-order valence-electron chi connectivity index (χ1n) is 9.08. The number of nitrogens with two attached hydrogens (primary N) is 2. The lowest BCUT2D eigenvalue weighted by atomic mass is 10.1. The molecule has 4 rings (SSSR count). The number of fused-ring (bicyclic) bond motifs is 1. The highest BCUT2D eigenvalue weighted by Crippen LogP contribution is 2.37. The van der Waals surface area contributed by atoms with Gasteiger partial charge in [-0.3, -0.25) is 0 Å². The first-order chi connectivity index (χ1) is 13.9. The largest absolute Gasteiger partial charge is 0.497 e. The van der Waals surface area contributed by atoms with E-state index in [0.29, 0.717) is 22.5 Å². The smallest absolute Gasteiger partial charge is 0.268 e. The normalized spacial score (nSPS) is 14.7. The van der Waals surface area contributed by atoms with Crippen molar-refractivity contribution in [2.24, 2.45) is 27.6 Å². The SMILES string of the molecule is COc1ccc(S(=O)(=O)n2cc(C(=NN=C(N)N)C3CC3)c3ccccc32)cc1. The highest BCUT2D eigenvalue weighted by Gasteiger charge is 2.32. The van der Waals surface area contributed by atoms with Crippen LogP contribution in [0.1, 0.15) is 18.4 Å². The summed E-state index contributed by atoms with van der Waals surface area (Å²) in [4.78, 5) is 0.166. The average Bonchev–Trinajstić information content (AvgIpc) is 3.48. The van der Waals surface area contributed by atoms with E-state index < -0.39 is 10.0 Å². The van der Waals surface area contributed by atoms with E-state index in [1.54, 1.807) is 30.5 Å². The van der Waals surface area contributed by atoms with Crippen molar-refractivity contribution in [1.29, 1.82) is 0 Å². The zero-order chi connectivity index (χ0) is 20.6. The summed E-state index contributed by atoms with van der Waals surface area (Å²) in [7, 11) is -2.29. The molecule has 9 heteroatoms. The van der Waals surface area contributed by atoms with Gasteiger partial charge in [0.2, 0.25) is 5.96 Å². The number of benzene rings is 2. The van der Waals surface area contributed by atoms with Crippen LogP contribution in [0.15, 0.2) is 69.8 Å². The van der Waals surface area contributed by atoms with E-state index in [1.165, 1.54) is 23.2 Å². The Morgan fingerprint density at radius 1 is 1.07 bits per heavy atom. The maximum absolute atomic E-state index is 13.3. The standard InChI is InChI=1S/C20H21N5O3S/c1-28-14-8-10-15(11-9-14)29(26,27)25-12-17(16-4-2-3-5-18(16)25)19(13-6-7-13)23-24-20(21)22/h2-5,8-13H,6-7H2,1H3,(H4,21,22,24). The molecule has 1 heterocycles. The molecule has 0 aliphatic heterocycles. The maximum Gasteiger partial charge on any atom is 0.268 e. The van der Waals surface area contributed by atoms with E-state index in [2.05, 4.69) is 10.2 Å². The maximum atomic E-state index is 13.3. The van der Waals surface area contributed by atoms with Crippen LogP contribution in [0.2, 0.25) is 0 Å². The van der Waals surface area contributed by atoms with Crippen LogP contribution in [0.25, 0.3) is 10.9 Å². The molecule has 0 radical (unpaired) electrons. The molecule has 1 fully saturated rings. The molecule has 2 aromatic carbocycles. The number of methoxy groups -OCH3 is 1. The van der Waals surface area contributed by atoms with Gasteiger partial charge in [-0.15, -0.1) is 5.10 Å². The Morgan fingerprint density at radius 2 is 1.76 bits per heavy atom. The van der Waals surface area contributed by atoms with E-state index in [4.69, 9.17) is 16.2 Å². The monoisotopic (exact) mass is 411 g/mol. The fourth-order valence-electron chi connectivity index (χ4n) is 3.24. The number of hydrogen-bond acceptors (Lipinski definition) is 5. The molecule has 8 nitrogen and oxygen atoms in total. The van der Waals surface area contributed by atoms with Gasteiger partial charge < -0.3 is 16.2 Å². The van der Waals surface area contributed by atoms with Crippen molar-refractivity contribution in [2.75, 3.05) is 7.11 Å². The predicted molar refractivity (Wildman–Crippen MR) is 113 cm³/mol. The van der Waals surface area contributed by atoms with Gasteiger partial charge in [0.15, 0.2) is 0 Å². The minimum Gasteiger partial charge on any atom is -0.497 e. The summed E-state index contributed by atoms with van der Waals surface area (Å²) in [6.07, 6.45) is 3.52. The minimum atomic E-state index is -3.82. The average molecular weight is 411 g/mol. The second-order valence-electron chi connectivity index (χ2n) is 6.82. The van der Waals surface area contributed by atoms with Crippen LogP contribution in [0.5, 0.6) is 5.75 Å². The van der Waals surface area contributed by atoms with Crippen LogP contribution < -0.4 is 16.2 Å². The minimum absolute atomic E-state index is 0.141. The molecule has 3 aromatic rings. The van der Waals surface area contributed by atoms with E-state index in [1.807, 2.05) is 12.1 Å². The van der Waals surface area contributed by atoms with Crippen LogP contribution in [-0.2, 0) is 10.0 Å². The van der Waals surface area contributed by atoms with Crippen molar-refractivity contribution in [3.8, 4) is 5.75 Å². The third kappa shape index (κ3) is 3.56. The molecule has 150 valence electrons.